The number of benzene rings is 2. The van der Waals surface area contributed by atoms with Crippen LogP contribution < -0.4 is 5.73 Å². The highest BCUT2D eigenvalue weighted by molar-refractivity contribution is 6.22. The SMILES string of the molecule is NC1CC(=O)c2c(c(O)c3ccccc3c2O)C1=O. The monoisotopic (exact) mass is 257 g/mol. The van der Waals surface area contributed by atoms with Gasteiger partial charge in [-0.1, -0.05) is 24.3 Å². The van der Waals surface area contributed by atoms with Gasteiger partial charge in [-0.2, -0.15) is 0 Å². The number of carbonyl (C=O) groups excluding carboxylic acids is 2. The largest absolute Gasteiger partial charge is 0.507 e. The maximum Gasteiger partial charge on any atom is 0.184 e. The van der Waals surface area contributed by atoms with E-state index in [1.165, 1.54) is 0 Å². The first-order valence-corrected chi connectivity index (χ1v) is 5.82. The topological polar surface area (TPSA) is 101 Å². The minimum Gasteiger partial charge on any atom is -0.507 e. The molecule has 1 aliphatic carbocycles. The maximum absolute atomic E-state index is 12.0. The Labute approximate surface area is 108 Å². The molecule has 0 aromatic heterocycles. The average molecular weight is 257 g/mol. The molecule has 0 heterocycles. The Balaban J connectivity index is 2.51. The van der Waals surface area contributed by atoms with Crippen molar-refractivity contribution in [3.05, 3.63) is 35.4 Å². The molecule has 0 saturated carbocycles. The third-order valence-electron chi connectivity index (χ3n) is 3.43. The lowest BCUT2D eigenvalue weighted by molar-refractivity contribution is 0.0863. The van der Waals surface area contributed by atoms with Crippen LogP contribution >= 0.6 is 0 Å². The second kappa shape index (κ2) is 3.80. The normalized spacial score (nSPS) is 18.7. The van der Waals surface area contributed by atoms with Gasteiger partial charge in [-0.3, -0.25) is 9.59 Å². The van der Waals surface area contributed by atoms with Crippen molar-refractivity contribution in [2.24, 2.45) is 5.73 Å². The van der Waals surface area contributed by atoms with Crippen LogP contribution in [-0.2, 0) is 0 Å². The molecule has 0 fully saturated rings. The Morgan fingerprint density at radius 1 is 1.00 bits per heavy atom. The van der Waals surface area contributed by atoms with E-state index >= 15 is 0 Å². The predicted molar refractivity (Wildman–Crippen MR) is 68.5 cm³/mol. The number of rotatable bonds is 0. The Kier molecular flexibility index (Phi) is 2.33. The quantitative estimate of drug-likeness (QED) is 0.618. The predicted octanol–water partition coefficient (Wildman–Crippen LogP) is 1.35. The van der Waals surface area contributed by atoms with Crippen LogP contribution in [0, 0.1) is 0 Å². The van der Waals surface area contributed by atoms with Gasteiger partial charge in [0.2, 0.25) is 0 Å². The molecule has 0 aliphatic heterocycles. The molecule has 19 heavy (non-hydrogen) atoms. The van der Waals surface area contributed by atoms with E-state index in [0.717, 1.165) is 0 Å². The number of carbonyl (C=O) groups is 2. The van der Waals surface area contributed by atoms with E-state index < -0.39 is 17.6 Å². The highest BCUT2D eigenvalue weighted by Gasteiger charge is 2.36. The summed E-state index contributed by atoms with van der Waals surface area (Å²) in [5.74, 6) is -1.51. The zero-order chi connectivity index (χ0) is 13.7. The minimum atomic E-state index is -0.966. The van der Waals surface area contributed by atoms with Crippen molar-refractivity contribution in [1.29, 1.82) is 0 Å². The van der Waals surface area contributed by atoms with Gasteiger partial charge in [0, 0.05) is 17.2 Å². The van der Waals surface area contributed by atoms with Crippen molar-refractivity contribution in [2.45, 2.75) is 12.5 Å². The van der Waals surface area contributed by atoms with E-state index in [-0.39, 0.29) is 29.0 Å². The summed E-state index contributed by atoms with van der Waals surface area (Å²) in [7, 11) is 0. The van der Waals surface area contributed by atoms with Crippen LogP contribution in [0.15, 0.2) is 24.3 Å². The van der Waals surface area contributed by atoms with E-state index in [4.69, 9.17) is 5.73 Å². The highest BCUT2D eigenvalue weighted by Crippen LogP contribution is 2.42. The van der Waals surface area contributed by atoms with Crippen LogP contribution in [0.4, 0.5) is 0 Å². The summed E-state index contributed by atoms with van der Waals surface area (Å²) in [6, 6.07) is 5.53. The number of nitrogens with two attached hydrogens (primary N) is 1. The Morgan fingerprint density at radius 2 is 1.53 bits per heavy atom. The number of aromatic hydroxyl groups is 2. The molecule has 0 spiro atoms. The summed E-state index contributed by atoms with van der Waals surface area (Å²) in [5.41, 5.74) is 5.29. The van der Waals surface area contributed by atoms with Crippen LogP contribution in [0.1, 0.15) is 27.1 Å². The van der Waals surface area contributed by atoms with Crippen LogP contribution in [0.3, 0.4) is 0 Å². The molecule has 5 nitrogen and oxygen atoms in total. The molecule has 4 N–H and O–H groups in total. The second-order valence-electron chi connectivity index (χ2n) is 4.59. The molecule has 1 atom stereocenters. The Morgan fingerprint density at radius 3 is 2.11 bits per heavy atom. The fourth-order valence-electron chi connectivity index (χ4n) is 2.49. The fourth-order valence-corrected chi connectivity index (χ4v) is 2.49. The summed E-state index contributed by atoms with van der Waals surface area (Å²) >= 11 is 0. The first kappa shape index (κ1) is 11.7. The first-order valence-electron chi connectivity index (χ1n) is 5.82. The number of fused-ring (bicyclic) bond motifs is 2. The molecule has 5 heteroatoms. The molecule has 0 amide bonds. The van der Waals surface area contributed by atoms with Gasteiger partial charge >= 0.3 is 0 Å². The number of Topliss-reactive ketones (excluding diaryl/α,β-unsaturated/α-hetero) is 2. The summed E-state index contributed by atoms with van der Waals surface area (Å²) in [6.45, 7) is 0. The van der Waals surface area contributed by atoms with Gasteiger partial charge in [-0.25, -0.2) is 0 Å². The minimum absolute atomic E-state index is 0.122. The van der Waals surface area contributed by atoms with Crippen LogP contribution in [0.2, 0.25) is 0 Å². The van der Waals surface area contributed by atoms with E-state index in [2.05, 4.69) is 0 Å². The van der Waals surface area contributed by atoms with Gasteiger partial charge in [0.05, 0.1) is 17.2 Å². The number of hydrogen-bond donors (Lipinski definition) is 3. The molecule has 2 aromatic carbocycles. The molecule has 1 unspecified atom stereocenters. The van der Waals surface area contributed by atoms with E-state index in [9.17, 15) is 19.8 Å². The number of hydrogen-bond acceptors (Lipinski definition) is 5. The van der Waals surface area contributed by atoms with Gasteiger partial charge in [0.1, 0.15) is 11.5 Å². The zero-order valence-electron chi connectivity index (χ0n) is 9.88. The molecule has 96 valence electrons. The van der Waals surface area contributed by atoms with Crippen molar-refractivity contribution in [3.8, 4) is 11.5 Å². The van der Waals surface area contributed by atoms with Crippen molar-refractivity contribution < 1.29 is 19.8 Å². The molecule has 3 rings (SSSR count). The average Bonchev–Trinajstić information content (AvgIpc) is 2.40. The van der Waals surface area contributed by atoms with Crippen molar-refractivity contribution in [3.63, 3.8) is 0 Å². The van der Waals surface area contributed by atoms with Gasteiger partial charge in [-0.05, 0) is 0 Å². The van der Waals surface area contributed by atoms with Crippen LogP contribution in [-0.4, -0.2) is 27.8 Å². The lowest BCUT2D eigenvalue weighted by Crippen LogP contribution is -2.38. The number of phenols is 2. The fraction of sp³-hybridized carbons (Fsp3) is 0.143. The van der Waals surface area contributed by atoms with E-state index in [1.54, 1.807) is 24.3 Å². The smallest absolute Gasteiger partial charge is 0.184 e. The first-order chi connectivity index (χ1) is 9.02. The summed E-state index contributed by atoms with van der Waals surface area (Å²) in [6.07, 6.45) is -0.156. The van der Waals surface area contributed by atoms with Crippen LogP contribution in [0.5, 0.6) is 11.5 Å². The summed E-state index contributed by atoms with van der Waals surface area (Å²) < 4.78 is 0. The van der Waals surface area contributed by atoms with Crippen molar-refractivity contribution in [2.75, 3.05) is 0 Å². The number of phenolic OH excluding ortho intramolecular Hbond substituents is 2. The van der Waals surface area contributed by atoms with E-state index in [0.29, 0.717) is 10.8 Å². The Hall–Kier alpha value is -2.40. The van der Waals surface area contributed by atoms with Crippen molar-refractivity contribution in [1.82, 2.24) is 0 Å². The molecule has 2 aromatic rings. The van der Waals surface area contributed by atoms with E-state index in [1.807, 2.05) is 0 Å². The molecule has 0 radical (unpaired) electrons. The zero-order valence-corrected chi connectivity index (χ0v) is 9.88. The molecule has 1 aliphatic rings. The molecular formula is C14H11NO4. The van der Waals surface area contributed by atoms with Gasteiger partial charge < -0.3 is 15.9 Å². The third-order valence-corrected chi connectivity index (χ3v) is 3.43. The maximum atomic E-state index is 12.0. The summed E-state index contributed by atoms with van der Waals surface area (Å²) in [4.78, 5) is 24.0. The molecule has 0 bridgehead atoms. The molecule has 0 saturated heterocycles. The van der Waals surface area contributed by atoms with Gasteiger partial charge in [-0.15, -0.1) is 0 Å². The summed E-state index contributed by atoms with van der Waals surface area (Å²) in [5, 5.41) is 21.0. The third kappa shape index (κ3) is 1.45. The second-order valence-corrected chi connectivity index (χ2v) is 4.59. The molecular weight excluding hydrogens is 246 g/mol. The standard InChI is InChI=1S/C14H11NO4/c15-8-5-9(16)10-11(14(8)19)13(18)7-4-2-1-3-6(7)12(10)17/h1-4,8,17-18H,5,15H2. The Bertz CT molecular complexity index is 736. The van der Waals surface area contributed by atoms with Gasteiger partial charge in [0.25, 0.3) is 0 Å². The number of ketones is 2. The lowest BCUT2D eigenvalue weighted by Gasteiger charge is -2.22. The van der Waals surface area contributed by atoms with Crippen LogP contribution in [0.25, 0.3) is 10.8 Å². The highest BCUT2D eigenvalue weighted by atomic mass is 16.3. The van der Waals surface area contributed by atoms with Crippen molar-refractivity contribution >= 4 is 22.3 Å². The lowest BCUT2D eigenvalue weighted by atomic mass is 9.83. The van der Waals surface area contributed by atoms with Gasteiger partial charge in [0.15, 0.2) is 11.6 Å².